The van der Waals surface area contributed by atoms with Crippen LogP contribution in [0, 0.1) is 13.8 Å². The van der Waals surface area contributed by atoms with Crippen molar-refractivity contribution in [1.82, 2.24) is 9.88 Å². The summed E-state index contributed by atoms with van der Waals surface area (Å²) in [6.45, 7) is 8.46. The Labute approximate surface area is 102 Å². The van der Waals surface area contributed by atoms with E-state index >= 15 is 0 Å². The highest BCUT2D eigenvalue weighted by molar-refractivity contribution is 7.11. The third kappa shape index (κ3) is 2.62. The highest BCUT2D eigenvalue weighted by Crippen LogP contribution is 2.31. The molecule has 0 amide bonds. The molecule has 16 heavy (non-hydrogen) atoms. The van der Waals surface area contributed by atoms with Gasteiger partial charge in [-0.2, -0.15) is 0 Å². The van der Waals surface area contributed by atoms with Crippen molar-refractivity contribution in [3.05, 3.63) is 15.6 Å². The molecule has 1 saturated heterocycles. The Bertz CT molecular complexity index is 321. The average molecular weight is 239 g/mol. The molecule has 2 rings (SSSR count). The van der Waals surface area contributed by atoms with Gasteiger partial charge in [0.15, 0.2) is 0 Å². The van der Waals surface area contributed by atoms with Gasteiger partial charge < -0.3 is 10.6 Å². The van der Waals surface area contributed by atoms with E-state index in [1.165, 1.54) is 41.5 Å². The molecule has 0 radical (unpaired) electrons. The van der Waals surface area contributed by atoms with Crippen molar-refractivity contribution in [2.24, 2.45) is 5.73 Å². The molecular formula is C12H21N3S. The molecule has 0 bridgehead atoms. The molecule has 2 heterocycles. The van der Waals surface area contributed by atoms with E-state index in [0.29, 0.717) is 5.92 Å². The number of thiazole rings is 1. The molecule has 2 N–H and O–H groups in total. The maximum absolute atomic E-state index is 5.58. The van der Waals surface area contributed by atoms with Gasteiger partial charge in [-0.25, -0.2) is 4.98 Å². The number of piperidine rings is 1. The van der Waals surface area contributed by atoms with Crippen LogP contribution in [-0.4, -0.2) is 36.1 Å². The van der Waals surface area contributed by atoms with E-state index in [-0.39, 0.29) is 0 Å². The van der Waals surface area contributed by atoms with Crippen LogP contribution in [0.15, 0.2) is 0 Å². The second-order valence-corrected chi connectivity index (χ2v) is 5.83. The first-order valence-corrected chi connectivity index (χ1v) is 6.88. The Kier molecular flexibility index (Phi) is 3.95. The second-order valence-electron chi connectivity index (χ2n) is 4.60. The summed E-state index contributed by atoms with van der Waals surface area (Å²) in [6.07, 6.45) is 2.48. The summed E-state index contributed by atoms with van der Waals surface area (Å²) in [5.41, 5.74) is 6.79. The fourth-order valence-corrected chi connectivity index (χ4v) is 3.35. The summed E-state index contributed by atoms with van der Waals surface area (Å²) in [7, 11) is 0. The van der Waals surface area contributed by atoms with Gasteiger partial charge in [0.1, 0.15) is 0 Å². The molecule has 0 spiro atoms. The summed E-state index contributed by atoms with van der Waals surface area (Å²) in [5, 5.41) is 1.35. The quantitative estimate of drug-likeness (QED) is 0.876. The molecule has 1 aliphatic rings. The monoisotopic (exact) mass is 239 g/mol. The summed E-state index contributed by atoms with van der Waals surface area (Å²) >= 11 is 1.88. The molecule has 0 aliphatic carbocycles. The van der Waals surface area contributed by atoms with Crippen LogP contribution >= 0.6 is 11.3 Å². The number of hydrogen-bond donors (Lipinski definition) is 1. The molecule has 1 aromatic heterocycles. The number of hydrogen-bond acceptors (Lipinski definition) is 4. The largest absolute Gasteiger partial charge is 0.329 e. The van der Waals surface area contributed by atoms with Gasteiger partial charge in [-0.1, -0.05) is 0 Å². The van der Waals surface area contributed by atoms with E-state index in [4.69, 9.17) is 5.73 Å². The van der Waals surface area contributed by atoms with Crippen molar-refractivity contribution in [3.63, 3.8) is 0 Å². The van der Waals surface area contributed by atoms with Crippen molar-refractivity contribution in [2.45, 2.75) is 32.6 Å². The maximum Gasteiger partial charge on any atom is 0.0962 e. The van der Waals surface area contributed by atoms with Crippen LogP contribution in [0.25, 0.3) is 0 Å². The number of likely N-dealkylation sites (tertiary alicyclic amines) is 1. The summed E-state index contributed by atoms with van der Waals surface area (Å²) in [6, 6.07) is 0. The Morgan fingerprint density at radius 1 is 1.38 bits per heavy atom. The third-order valence-corrected chi connectivity index (χ3v) is 4.66. The minimum absolute atomic E-state index is 0.687. The van der Waals surface area contributed by atoms with E-state index in [1.54, 1.807) is 0 Å². The second kappa shape index (κ2) is 5.25. The van der Waals surface area contributed by atoms with Gasteiger partial charge >= 0.3 is 0 Å². The summed E-state index contributed by atoms with van der Waals surface area (Å²) in [5.74, 6) is 0.687. The van der Waals surface area contributed by atoms with Crippen LogP contribution in [0.3, 0.4) is 0 Å². The fourth-order valence-electron chi connectivity index (χ4n) is 2.26. The van der Waals surface area contributed by atoms with E-state index in [9.17, 15) is 0 Å². The fraction of sp³-hybridized carbons (Fsp3) is 0.750. The van der Waals surface area contributed by atoms with Crippen LogP contribution < -0.4 is 5.73 Å². The van der Waals surface area contributed by atoms with E-state index < -0.39 is 0 Å². The van der Waals surface area contributed by atoms with Crippen molar-refractivity contribution in [2.75, 3.05) is 26.2 Å². The first kappa shape index (κ1) is 12.0. The van der Waals surface area contributed by atoms with Gasteiger partial charge in [0.05, 0.1) is 10.7 Å². The highest BCUT2D eigenvalue weighted by atomic mass is 32.1. The van der Waals surface area contributed by atoms with Crippen LogP contribution in [0.5, 0.6) is 0 Å². The lowest BCUT2D eigenvalue weighted by Crippen LogP contribution is -2.36. The van der Waals surface area contributed by atoms with E-state index in [0.717, 1.165) is 13.1 Å². The summed E-state index contributed by atoms with van der Waals surface area (Å²) in [4.78, 5) is 8.52. The molecule has 1 aromatic rings. The standard InChI is InChI=1S/C12H21N3S/c1-9-10(2)16-12(14-9)11-3-6-15(7-4-11)8-5-13/h11H,3-8,13H2,1-2H3. The number of nitrogens with zero attached hydrogens (tertiary/aromatic N) is 2. The van der Waals surface area contributed by atoms with Crippen molar-refractivity contribution in [3.8, 4) is 0 Å². The predicted molar refractivity (Wildman–Crippen MR) is 69.1 cm³/mol. The minimum atomic E-state index is 0.687. The molecule has 3 nitrogen and oxygen atoms in total. The van der Waals surface area contributed by atoms with E-state index in [1.807, 2.05) is 11.3 Å². The zero-order valence-corrected chi connectivity index (χ0v) is 11.0. The Morgan fingerprint density at radius 2 is 2.06 bits per heavy atom. The normalized spacial score (nSPS) is 19.2. The summed E-state index contributed by atoms with van der Waals surface area (Å²) < 4.78 is 0. The molecule has 0 saturated carbocycles. The van der Waals surface area contributed by atoms with Gasteiger partial charge in [-0.05, 0) is 39.8 Å². The average Bonchev–Trinajstić information content (AvgIpc) is 2.61. The molecule has 90 valence electrons. The van der Waals surface area contributed by atoms with E-state index in [2.05, 4.69) is 23.7 Å². The highest BCUT2D eigenvalue weighted by Gasteiger charge is 2.22. The first-order valence-electron chi connectivity index (χ1n) is 6.07. The minimum Gasteiger partial charge on any atom is -0.329 e. The Hall–Kier alpha value is -0.450. The molecule has 4 heteroatoms. The Balaban J connectivity index is 1.93. The molecule has 0 aromatic carbocycles. The zero-order valence-electron chi connectivity index (χ0n) is 10.2. The predicted octanol–water partition coefficient (Wildman–Crippen LogP) is 1.90. The Morgan fingerprint density at radius 3 is 2.56 bits per heavy atom. The molecule has 0 unspecified atom stereocenters. The SMILES string of the molecule is Cc1nc(C2CCN(CCN)CC2)sc1C. The molecule has 1 aliphatic heterocycles. The molecular weight excluding hydrogens is 218 g/mol. The number of aryl methyl sites for hydroxylation is 2. The van der Waals surface area contributed by atoms with Gasteiger partial charge in [-0.15, -0.1) is 11.3 Å². The van der Waals surface area contributed by atoms with Gasteiger partial charge in [0.25, 0.3) is 0 Å². The molecule has 1 fully saturated rings. The lowest BCUT2D eigenvalue weighted by atomic mass is 9.97. The van der Waals surface area contributed by atoms with Crippen molar-refractivity contribution >= 4 is 11.3 Å². The molecule has 0 atom stereocenters. The number of aromatic nitrogens is 1. The maximum atomic E-state index is 5.58. The zero-order chi connectivity index (χ0) is 11.5. The van der Waals surface area contributed by atoms with Gasteiger partial charge in [0.2, 0.25) is 0 Å². The van der Waals surface area contributed by atoms with Crippen LogP contribution in [0.2, 0.25) is 0 Å². The lowest BCUT2D eigenvalue weighted by Gasteiger charge is -2.30. The van der Waals surface area contributed by atoms with Crippen molar-refractivity contribution in [1.29, 1.82) is 0 Å². The topological polar surface area (TPSA) is 42.2 Å². The smallest absolute Gasteiger partial charge is 0.0962 e. The van der Waals surface area contributed by atoms with Crippen LogP contribution in [-0.2, 0) is 0 Å². The van der Waals surface area contributed by atoms with Gasteiger partial charge in [-0.3, -0.25) is 0 Å². The third-order valence-electron chi connectivity index (χ3n) is 3.43. The van der Waals surface area contributed by atoms with Gasteiger partial charge in [0, 0.05) is 23.9 Å². The first-order chi connectivity index (χ1) is 7.70. The van der Waals surface area contributed by atoms with Crippen LogP contribution in [0.4, 0.5) is 0 Å². The van der Waals surface area contributed by atoms with Crippen molar-refractivity contribution < 1.29 is 0 Å². The lowest BCUT2D eigenvalue weighted by molar-refractivity contribution is 0.217. The van der Waals surface area contributed by atoms with Crippen LogP contribution in [0.1, 0.15) is 34.3 Å². The number of nitrogens with two attached hydrogens (primary N) is 1. The number of rotatable bonds is 3.